The van der Waals surface area contributed by atoms with Crippen LogP contribution in [-0.4, -0.2) is 74.3 Å². The molecular weight excluding hydrogens is 513 g/mol. The largest absolute Gasteiger partial charge is 0.450 e. The van der Waals surface area contributed by atoms with Gasteiger partial charge in [-0.25, -0.2) is 4.79 Å². The third-order valence-corrected chi connectivity index (χ3v) is 6.67. The van der Waals surface area contributed by atoms with Crippen LogP contribution in [-0.2, 0) is 11.3 Å². The summed E-state index contributed by atoms with van der Waals surface area (Å²) in [7, 11) is 1.83. The molecule has 0 spiro atoms. The summed E-state index contributed by atoms with van der Waals surface area (Å²) in [4.78, 5) is 22.0. The number of thiophene rings is 1. The van der Waals surface area contributed by atoms with E-state index < -0.39 is 0 Å². The van der Waals surface area contributed by atoms with Crippen LogP contribution < -0.4 is 10.6 Å². The van der Waals surface area contributed by atoms with Crippen molar-refractivity contribution < 1.29 is 9.53 Å². The number of nitrogens with zero attached hydrogens (tertiary/aromatic N) is 3. The summed E-state index contributed by atoms with van der Waals surface area (Å²) < 4.78 is 5.09. The van der Waals surface area contributed by atoms with Crippen molar-refractivity contribution in [3.8, 4) is 0 Å². The maximum absolute atomic E-state index is 11.8. The van der Waals surface area contributed by atoms with Gasteiger partial charge in [0.05, 0.1) is 6.61 Å². The molecule has 2 aliphatic rings. The fraction of sp³-hybridized carbons (Fsp3) is 0.714. The second-order valence-electron chi connectivity index (χ2n) is 7.86. The zero-order chi connectivity index (χ0) is 20.5. The number of aliphatic imine (C=N–C) groups is 1. The number of hydrogen-bond donors (Lipinski definition) is 2. The van der Waals surface area contributed by atoms with Crippen LogP contribution in [0.5, 0.6) is 0 Å². The van der Waals surface area contributed by atoms with Gasteiger partial charge in [0, 0.05) is 44.1 Å². The number of nitrogens with one attached hydrogen (secondary N) is 2. The Morgan fingerprint density at radius 2 is 1.97 bits per heavy atom. The van der Waals surface area contributed by atoms with Gasteiger partial charge < -0.3 is 20.3 Å². The van der Waals surface area contributed by atoms with Gasteiger partial charge in [-0.05, 0) is 63.1 Å². The lowest BCUT2D eigenvalue weighted by atomic mass is 9.97. The Labute approximate surface area is 201 Å². The average Bonchev–Trinajstić information content (AvgIpc) is 3.26. The normalized spacial score (nSPS) is 19.3. The molecule has 2 fully saturated rings. The Bertz CT molecular complexity index is 642. The van der Waals surface area contributed by atoms with Crippen molar-refractivity contribution in [3.05, 3.63) is 22.4 Å². The number of rotatable bonds is 6. The lowest BCUT2D eigenvalue weighted by molar-refractivity contribution is 0.0963. The van der Waals surface area contributed by atoms with Gasteiger partial charge in [0.25, 0.3) is 0 Å². The lowest BCUT2D eigenvalue weighted by Gasteiger charge is -2.33. The molecule has 1 amide bonds. The molecule has 3 rings (SSSR count). The SMILES string of the molecule is CCOC(=O)N1CCC(NC(=NC)NCC2CCN(Cc3cccs3)CC2)CC1.I. The van der Waals surface area contributed by atoms with Gasteiger partial charge in [-0.2, -0.15) is 0 Å². The van der Waals surface area contributed by atoms with E-state index in [-0.39, 0.29) is 30.1 Å². The average molecular weight is 550 g/mol. The number of amides is 1. The Morgan fingerprint density at radius 1 is 1.23 bits per heavy atom. The number of hydrogen-bond acceptors (Lipinski definition) is 5. The summed E-state index contributed by atoms with van der Waals surface area (Å²) in [5.74, 6) is 1.57. The Balaban J connectivity index is 0.00000320. The van der Waals surface area contributed by atoms with Crippen LogP contribution in [0.25, 0.3) is 0 Å². The lowest BCUT2D eigenvalue weighted by Crippen LogP contribution is -2.50. The summed E-state index contributed by atoms with van der Waals surface area (Å²) in [5, 5.41) is 9.20. The molecule has 170 valence electrons. The highest BCUT2D eigenvalue weighted by Crippen LogP contribution is 2.20. The van der Waals surface area contributed by atoms with E-state index in [0.29, 0.717) is 18.6 Å². The van der Waals surface area contributed by atoms with E-state index in [0.717, 1.165) is 45.0 Å². The molecule has 0 aromatic carbocycles. The molecule has 0 unspecified atom stereocenters. The summed E-state index contributed by atoms with van der Waals surface area (Å²) >= 11 is 1.85. The molecule has 0 atom stereocenters. The number of carbonyl (C=O) groups is 1. The van der Waals surface area contributed by atoms with E-state index in [2.05, 4.69) is 38.0 Å². The summed E-state index contributed by atoms with van der Waals surface area (Å²) in [6, 6.07) is 4.71. The fourth-order valence-corrected chi connectivity index (χ4v) is 4.77. The standard InChI is InChI=1S/C21H35N5O2S.HI/c1-3-28-21(27)26-12-8-18(9-13-26)24-20(22-2)23-15-17-6-10-25(11-7-17)16-19-5-4-14-29-19;/h4-5,14,17-18H,3,6-13,15-16H2,1-2H3,(H2,22,23,24);1H. The number of likely N-dealkylation sites (tertiary alicyclic amines) is 2. The van der Waals surface area contributed by atoms with Crippen molar-refractivity contribution in [2.24, 2.45) is 10.9 Å². The van der Waals surface area contributed by atoms with Crippen LogP contribution >= 0.6 is 35.3 Å². The molecule has 1 aromatic heterocycles. The predicted octanol–water partition coefficient (Wildman–Crippen LogP) is 3.36. The number of halogens is 1. The molecule has 2 saturated heterocycles. The molecule has 0 saturated carbocycles. The van der Waals surface area contributed by atoms with Crippen LogP contribution in [0.3, 0.4) is 0 Å². The maximum atomic E-state index is 11.8. The minimum absolute atomic E-state index is 0. The minimum Gasteiger partial charge on any atom is -0.450 e. The van der Waals surface area contributed by atoms with E-state index in [1.165, 1.54) is 30.8 Å². The van der Waals surface area contributed by atoms with Crippen molar-refractivity contribution >= 4 is 47.4 Å². The van der Waals surface area contributed by atoms with Crippen molar-refractivity contribution in [2.45, 2.75) is 45.2 Å². The molecule has 2 aliphatic heterocycles. The maximum Gasteiger partial charge on any atom is 0.409 e. The summed E-state index contributed by atoms with van der Waals surface area (Å²) in [5.41, 5.74) is 0. The van der Waals surface area contributed by atoms with Crippen LogP contribution in [0.1, 0.15) is 37.5 Å². The molecule has 3 heterocycles. The topological polar surface area (TPSA) is 69.2 Å². The van der Waals surface area contributed by atoms with Gasteiger partial charge in [0.2, 0.25) is 0 Å². The highest BCUT2D eigenvalue weighted by atomic mass is 127. The molecule has 7 nitrogen and oxygen atoms in total. The Kier molecular flexibility index (Phi) is 11.2. The number of ether oxygens (including phenoxy) is 1. The van der Waals surface area contributed by atoms with Crippen molar-refractivity contribution in [2.75, 3.05) is 46.4 Å². The second kappa shape index (κ2) is 13.4. The first-order chi connectivity index (χ1) is 14.2. The number of piperidine rings is 2. The highest BCUT2D eigenvalue weighted by Gasteiger charge is 2.24. The van der Waals surface area contributed by atoms with Gasteiger partial charge in [-0.15, -0.1) is 35.3 Å². The summed E-state index contributed by atoms with van der Waals surface area (Å²) in [6.45, 7) is 8.13. The van der Waals surface area contributed by atoms with E-state index in [4.69, 9.17) is 4.74 Å². The van der Waals surface area contributed by atoms with E-state index in [1.807, 2.05) is 25.3 Å². The monoisotopic (exact) mass is 549 g/mol. The molecule has 0 bridgehead atoms. The van der Waals surface area contributed by atoms with Crippen molar-refractivity contribution in [1.29, 1.82) is 0 Å². The number of guanidine groups is 1. The first kappa shape index (κ1) is 25.2. The van der Waals surface area contributed by atoms with Gasteiger partial charge in [-0.1, -0.05) is 6.07 Å². The third kappa shape index (κ3) is 7.88. The summed E-state index contributed by atoms with van der Waals surface area (Å²) in [6.07, 6.45) is 4.10. The van der Waals surface area contributed by atoms with Gasteiger partial charge in [0.15, 0.2) is 5.96 Å². The molecule has 1 aromatic rings. The predicted molar refractivity (Wildman–Crippen MR) is 134 cm³/mol. The third-order valence-electron chi connectivity index (χ3n) is 5.81. The highest BCUT2D eigenvalue weighted by molar-refractivity contribution is 14.0. The fourth-order valence-electron chi connectivity index (χ4n) is 4.02. The van der Waals surface area contributed by atoms with Crippen LogP contribution in [0, 0.1) is 5.92 Å². The zero-order valence-corrected chi connectivity index (χ0v) is 21.3. The van der Waals surface area contributed by atoms with E-state index >= 15 is 0 Å². The second-order valence-corrected chi connectivity index (χ2v) is 8.89. The van der Waals surface area contributed by atoms with Crippen LogP contribution in [0.2, 0.25) is 0 Å². The van der Waals surface area contributed by atoms with Crippen molar-refractivity contribution in [3.63, 3.8) is 0 Å². The quantitative estimate of drug-likeness (QED) is 0.324. The first-order valence-electron chi connectivity index (χ1n) is 10.8. The van der Waals surface area contributed by atoms with Gasteiger partial charge in [-0.3, -0.25) is 9.89 Å². The Morgan fingerprint density at radius 3 is 2.57 bits per heavy atom. The molecule has 9 heteroatoms. The Hall–Kier alpha value is -1.07. The molecule has 0 aliphatic carbocycles. The molecule has 2 N–H and O–H groups in total. The minimum atomic E-state index is -0.195. The van der Waals surface area contributed by atoms with Crippen LogP contribution in [0.15, 0.2) is 22.5 Å². The van der Waals surface area contributed by atoms with Crippen molar-refractivity contribution in [1.82, 2.24) is 20.4 Å². The molecular formula is C21H36IN5O2S. The zero-order valence-electron chi connectivity index (χ0n) is 18.1. The van der Waals surface area contributed by atoms with Gasteiger partial charge in [0.1, 0.15) is 0 Å². The first-order valence-corrected chi connectivity index (χ1v) is 11.7. The molecule has 30 heavy (non-hydrogen) atoms. The smallest absolute Gasteiger partial charge is 0.409 e. The van der Waals surface area contributed by atoms with Gasteiger partial charge >= 0.3 is 6.09 Å². The van der Waals surface area contributed by atoms with E-state index in [1.54, 1.807) is 4.90 Å². The molecule has 0 radical (unpaired) electrons. The number of carbonyl (C=O) groups excluding carboxylic acids is 1. The van der Waals surface area contributed by atoms with E-state index in [9.17, 15) is 4.79 Å². The van der Waals surface area contributed by atoms with Crippen LogP contribution in [0.4, 0.5) is 4.79 Å².